The van der Waals surface area contributed by atoms with Crippen LogP contribution in [-0.4, -0.2) is 16.6 Å². The minimum Gasteiger partial charge on any atom is -0.492 e. The fourth-order valence-corrected chi connectivity index (χ4v) is 2.78. The summed E-state index contributed by atoms with van der Waals surface area (Å²) in [5.41, 5.74) is 1.31. The zero-order chi connectivity index (χ0) is 13.8. The Balaban J connectivity index is 1.97. The molecule has 0 fully saturated rings. The fourth-order valence-electron chi connectivity index (χ4n) is 1.92. The maximum Gasteiger partial charge on any atom is 0.227 e. The number of aromatic hydroxyl groups is 1. The van der Waals surface area contributed by atoms with E-state index in [0.717, 1.165) is 16.6 Å². The Morgan fingerprint density at radius 3 is 2.47 bits per heavy atom. The molecule has 1 aromatic carbocycles. The standard InChI is InChI=1S/C15H20N2OS/c1-10(2)13-14(18)17-15(19-13)16-9-11(3)12-7-5-4-6-8-12/h4-8,10-11,18H,9H2,1-3H3,(H,16,17)/t11-/m1/s1. The Kier molecular flexibility index (Phi) is 4.43. The highest BCUT2D eigenvalue weighted by Gasteiger charge is 2.13. The van der Waals surface area contributed by atoms with Crippen LogP contribution in [0.25, 0.3) is 0 Å². The minimum atomic E-state index is 0.162. The molecule has 0 amide bonds. The molecule has 0 spiro atoms. The fraction of sp³-hybridized carbons (Fsp3) is 0.400. The molecule has 0 aliphatic heterocycles. The van der Waals surface area contributed by atoms with E-state index < -0.39 is 0 Å². The molecule has 0 radical (unpaired) electrons. The van der Waals surface area contributed by atoms with Gasteiger partial charge in [0.05, 0.1) is 4.88 Å². The molecule has 4 heteroatoms. The molecule has 0 bridgehead atoms. The zero-order valence-corrected chi connectivity index (χ0v) is 12.4. The van der Waals surface area contributed by atoms with Crippen LogP contribution in [0.4, 0.5) is 5.13 Å². The lowest BCUT2D eigenvalue weighted by atomic mass is 10.0. The van der Waals surface area contributed by atoms with Crippen LogP contribution in [0.2, 0.25) is 0 Å². The van der Waals surface area contributed by atoms with Gasteiger partial charge in [0.15, 0.2) is 5.13 Å². The highest BCUT2D eigenvalue weighted by atomic mass is 32.1. The van der Waals surface area contributed by atoms with Gasteiger partial charge in [-0.25, -0.2) is 0 Å². The first kappa shape index (κ1) is 13.9. The second kappa shape index (κ2) is 6.06. The summed E-state index contributed by atoms with van der Waals surface area (Å²) in [5, 5.41) is 13.8. The molecular formula is C15H20N2OS. The van der Waals surface area contributed by atoms with Crippen molar-refractivity contribution in [2.45, 2.75) is 32.6 Å². The van der Waals surface area contributed by atoms with Crippen molar-refractivity contribution in [3.8, 4) is 5.88 Å². The third kappa shape index (κ3) is 3.47. The molecule has 2 N–H and O–H groups in total. The predicted octanol–water partition coefficient (Wildman–Crippen LogP) is 4.19. The van der Waals surface area contributed by atoms with E-state index in [1.165, 1.54) is 16.9 Å². The van der Waals surface area contributed by atoms with Gasteiger partial charge in [0.1, 0.15) is 0 Å². The Bertz CT molecular complexity index is 522. The molecule has 102 valence electrons. The van der Waals surface area contributed by atoms with E-state index in [1.54, 1.807) is 0 Å². The summed E-state index contributed by atoms with van der Waals surface area (Å²) < 4.78 is 0. The van der Waals surface area contributed by atoms with E-state index in [9.17, 15) is 5.11 Å². The van der Waals surface area contributed by atoms with Gasteiger partial charge < -0.3 is 10.4 Å². The normalized spacial score (nSPS) is 12.6. The van der Waals surface area contributed by atoms with Crippen molar-refractivity contribution in [2.24, 2.45) is 0 Å². The van der Waals surface area contributed by atoms with E-state index in [1.807, 2.05) is 6.07 Å². The van der Waals surface area contributed by atoms with Gasteiger partial charge in [0.25, 0.3) is 0 Å². The molecule has 2 aromatic rings. The quantitative estimate of drug-likeness (QED) is 0.860. The highest BCUT2D eigenvalue weighted by molar-refractivity contribution is 7.16. The first-order valence-corrected chi connectivity index (χ1v) is 7.38. The maximum atomic E-state index is 9.74. The molecule has 0 aliphatic carbocycles. The summed E-state index contributed by atoms with van der Waals surface area (Å²) in [6.07, 6.45) is 0. The topological polar surface area (TPSA) is 45.2 Å². The van der Waals surface area contributed by atoms with E-state index >= 15 is 0 Å². The van der Waals surface area contributed by atoms with Crippen LogP contribution in [0, 0.1) is 0 Å². The van der Waals surface area contributed by atoms with Crippen molar-refractivity contribution in [2.75, 3.05) is 11.9 Å². The number of nitrogens with one attached hydrogen (secondary N) is 1. The van der Waals surface area contributed by atoms with Gasteiger partial charge in [-0.1, -0.05) is 62.4 Å². The maximum absolute atomic E-state index is 9.74. The Hall–Kier alpha value is -1.55. The van der Waals surface area contributed by atoms with Crippen molar-refractivity contribution in [1.29, 1.82) is 0 Å². The smallest absolute Gasteiger partial charge is 0.227 e. The largest absolute Gasteiger partial charge is 0.492 e. The number of aromatic nitrogens is 1. The summed E-state index contributed by atoms with van der Waals surface area (Å²) in [6, 6.07) is 10.4. The SMILES string of the molecule is CC(C)c1sc(NC[C@@H](C)c2ccccc2)nc1O. The van der Waals surface area contributed by atoms with Crippen LogP contribution >= 0.6 is 11.3 Å². The second-order valence-electron chi connectivity index (χ2n) is 5.05. The molecule has 1 atom stereocenters. The van der Waals surface area contributed by atoms with Gasteiger partial charge in [-0.2, -0.15) is 4.98 Å². The molecular weight excluding hydrogens is 256 g/mol. The number of anilines is 1. The van der Waals surface area contributed by atoms with Crippen LogP contribution < -0.4 is 5.32 Å². The second-order valence-corrected chi connectivity index (χ2v) is 6.08. The first-order chi connectivity index (χ1) is 9.08. The summed E-state index contributed by atoms with van der Waals surface area (Å²) in [6.45, 7) is 7.11. The molecule has 0 saturated heterocycles. The third-order valence-corrected chi connectivity index (χ3v) is 4.39. The van der Waals surface area contributed by atoms with Gasteiger partial charge >= 0.3 is 0 Å². The molecule has 0 unspecified atom stereocenters. The summed E-state index contributed by atoms with van der Waals surface area (Å²) in [4.78, 5) is 5.10. The summed E-state index contributed by atoms with van der Waals surface area (Å²) >= 11 is 1.53. The van der Waals surface area contributed by atoms with Crippen LogP contribution in [0.5, 0.6) is 5.88 Å². The van der Waals surface area contributed by atoms with Crippen molar-refractivity contribution in [1.82, 2.24) is 4.98 Å². The first-order valence-electron chi connectivity index (χ1n) is 6.56. The molecule has 0 aliphatic rings. The molecule has 1 aromatic heterocycles. The van der Waals surface area contributed by atoms with Gasteiger partial charge in [0, 0.05) is 6.54 Å². The van der Waals surface area contributed by atoms with Gasteiger partial charge in [-0.3, -0.25) is 0 Å². The minimum absolute atomic E-state index is 0.162. The molecule has 0 saturated carbocycles. The van der Waals surface area contributed by atoms with Gasteiger partial charge in [0.2, 0.25) is 5.88 Å². The summed E-state index contributed by atoms with van der Waals surface area (Å²) in [7, 11) is 0. The average Bonchev–Trinajstić information content (AvgIpc) is 2.78. The van der Waals surface area contributed by atoms with Crippen molar-refractivity contribution < 1.29 is 5.11 Å². The van der Waals surface area contributed by atoms with Gasteiger partial charge in [-0.05, 0) is 17.4 Å². The van der Waals surface area contributed by atoms with E-state index in [0.29, 0.717) is 11.8 Å². The average molecular weight is 276 g/mol. The van der Waals surface area contributed by atoms with E-state index in [4.69, 9.17) is 0 Å². The van der Waals surface area contributed by atoms with Crippen molar-refractivity contribution in [3.63, 3.8) is 0 Å². The van der Waals surface area contributed by atoms with Crippen LogP contribution in [-0.2, 0) is 0 Å². The molecule has 19 heavy (non-hydrogen) atoms. The molecule has 3 nitrogen and oxygen atoms in total. The molecule has 1 heterocycles. The Labute approximate surface area is 118 Å². The number of benzene rings is 1. The number of nitrogens with zero attached hydrogens (tertiary/aromatic N) is 1. The number of rotatable bonds is 5. The van der Waals surface area contributed by atoms with Crippen LogP contribution in [0.3, 0.4) is 0 Å². The number of hydrogen-bond acceptors (Lipinski definition) is 4. The number of hydrogen-bond donors (Lipinski definition) is 2. The summed E-state index contributed by atoms with van der Waals surface area (Å²) in [5.74, 6) is 0.879. The Morgan fingerprint density at radius 2 is 1.89 bits per heavy atom. The Morgan fingerprint density at radius 1 is 1.21 bits per heavy atom. The predicted molar refractivity (Wildman–Crippen MR) is 81.2 cm³/mol. The van der Waals surface area contributed by atoms with Crippen LogP contribution in [0.1, 0.15) is 43.0 Å². The third-order valence-electron chi connectivity index (χ3n) is 3.09. The lowest BCUT2D eigenvalue weighted by Crippen LogP contribution is -2.09. The lowest BCUT2D eigenvalue weighted by Gasteiger charge is -2.12. The molecule has 2 rings (SSSR count). The number of thiazole rings is 1. The van der Waals surface area contributed by atoms with E-state index in [2.05, 4.69) is 55.3 Å². The van der Waals surface area contributed by atoms with E-state index in [-0.39, 0.29) is 5.88 Å². The van der Waals surface area contributed by atoms with Crippen LogP contribution in [0.15, 0.2) is 30.3 Å². The monoisotopic (exact) mass is 276 g/mol. The lowest BCUT2D eigenvalue weighted by molar-refractivity contribution is 0.449. The van der Waals surface area contributed by atoms with Crippen molar-refractivity contribution in [3.05, 3.63) is 40.8 Å². The zero-order valence-electron chi connectivity index (χ0n) is 11.6. The van der Waals surface area contributed by atoms with Crippen molar-refractivity contribution >= 4 is 16.5 Å². The van der Waals surface area contributed by atoms with Gasteiger partial charge in [-0.15, -0.1) is 0 Å². The highest BCUT2D eigenvalue weighted by Crippen LogP contribution is 2.34.